The van der Waals surface area contributed by atoms with Crippen LogP contribution < -0.4 is 5.32 Å². The number of hydrogen-bond donors (Lipinski definition) is 2. The fraction of sp³-hybridized carbons (Fsp3) is 0.200. The average Bonchev–Trinajstić information content (AvgIpc) is 2.80. The number of carboxylic acids is 1. The summed E-state index contributed by atoms with van der Waals surface area (Å²) in [5.74, 6) is -0.834. The van der Waals surface area contributed by atoms with Crippen molar-refractivity contribution >= 4 is 17.4 Å². The largest absolute Gasteiger partial charge is 0.481 e. The zero-order chi connectivity index (χ0) is 23.7. The van der Waals surface area contributed by atoms with Crippen molar-refractivity contribution in [2.45, 2.75) is 25.6 Å². The van der Waals surface area contributed by atoms with E-state index in [9.17, 15) is 18.0 Å². The minimum absolute atomic E-state index is 0.0809. The van der Waals surface area contributed by atoms with Crippen LogP contribution >= 0.6 is 0 Å². The molecule has 0 saturated heterocycles. The highest BCUT2D eigenvalue weighted by molar-refractivity contribution is 6.12. The lowest BCUT2D eigenvalue weighted by atomic mass is 10.0. The van der Waals surface area contributed by atoms with Crippen LogP contribution in [0.4, 0.5) is 18.9 Å². The van der Waals surface area contributed by atoms with Gasteiger partial charge in [-0.05, 0) is 35.7 Å². The number of hydrogen-bond acceptors (Lipinski definition) is 4. The number of nitrogens with zero attached hydrogens (tertiary/aromatic N) is 1. The van der Waals surface area contributed by atoms with Gasteiger partial charge >= 0.3 is 12.1 Å². The Morgan fingerprint density at radius 1 is 0.909 bits per heavy atom. The molecule has 3 rings (SSSR count). The van der Waals surface area contributed by atoms with Gasteiger partial charge in [-0.2, -0.15) is 13.2 Å². The topological polar surface area (TPSA) is 70.9 Å². The second-order valence-corrected chi connectivity index (χ2v) is 7.34. The molecule has 0 aliphatic rings. The minimum atomic E-state index is -4.47. The van der Waals surface area contributed by atoms with Crippen LogP contribution in [0, 0.1) is 0 Å². The van der Waals surface area contributed by atoms with Gasteiger partial charge in [0.1, 0.15) is 5.71 Å². The zero-order valence-electron chi connectivity index (χ0n) is 17.7. The van der Waals surface area contributed by atoms with Crippen molar-refractivity contribution in [3.63, 3.8) is 0 Å². The van der Waals surface area contributed by atoms with E-state index in [1.165, 1.54) is 0 Å². The van der Waals surface area contributed by atoms with E-state index in [4.69, 9.17) is 5.11 Å². The Morgan fingerprint density at radius 2 is 1.61 bits per heavy atom. The fourth-order valence-electron chi connectivity index (χ4n) is 3.11. The Hall–Kier alpha value is -3.81. The van der Waals surface area contributed by atoms with Crippen LogP contribution in [0.15, 0.2) is 84.0 Å². The van der Waals surface area contributed by atoms with Crippen molar-refractivity contribution in [2.24, 2.45) is 5.16 Å². The van der Waals surface area contributed by atoms with E-state index in [1.807, 2.05) is 48.5 Å². The molecule has 0 heterocycles. The Kier molecular flexibility index (Phi) is 8.07. The smallest absolute Gasteiger partial charge is 0.425 e. The number of rotatable bonds is 10. The van der Waals surface area contributed by atoms with E-state index >= 15 is 0 Å². The molecular formula is C25H23F3N2O3. The predicted molar refractivity (Wildman–Crippen MR) is 120 cm³/mol. The summed E-state index contributed by atoms with van der Waals surface area (Å²) in [6.07, 6.45) is -3.92. The molecule has 0 bridgehead atoms. The maximum atomic E-state index is 12.5. The highest BCUT2D eigenvalue weighted by Crippen LogP contribution is 2.18. The summed E-state index contributed by atoms with van der Waals surface area (Å²) in [5.41, 5.74) is 4.29. The summed E-state index contributed by atoms with van der Waals surface area (Å²) in [6.45, 7) is -0.985. The summed E-state index contributed by atoms with van der Waals surface area (Å²) in [7, 11) is 0. The molecule has 0 atom stereocenters. The monoisotopic (exact) mass is 456 g/mol. The first-order valence-electron chi connectivity index (χ1n) is 10.3. The summed E-state index contributed by atoms with van der Waals surface area (Å²) in [6, 6.07) is 23.7. The Balaban J connectivity index is 1.72. The number of carbonyl (C=O) groups is 1. The highest BCUT2D eigenvalue weighted by atomic mass is 19.4. The number of aliphatic carboxylic acids is 1. The second kappa shape index (κ2) is 11.2. The van der Waals surface area contributed by atoms with Crippen LogP contribution in [0.3, 0.4) is 0 Å². The maximum Gasteiger partial charge on any atom is 0.425 e. The van der Waals surface area contributed by atoms with Crippen molar-refractivity contribution in [3.05, 3.63) is 101 Å². The standard InChI is InChI=1S/C25H23F3N2O3/c26-25(27,28)17-33-30-24(20-6-2-1-3-7-20)21-8-4-5-19(15-21)16-29-22-12-9-18(10-13-22)11-14-23(31)32/h1-10,12-13,15,29H,11,14,16-17H2,(H,31,32)/b30-24-. The lowest BCUT2D eigenvalue weighted by Gasteiger charge is -2.11. The number of aryl methyl sites for hydroxylation is 1. The van der Waals surface area contributed by atoms with Gasteiger partial charge in [-0.25, -0.2) is 0 Å². The normalized spacial score (nSPS) is 11.8. The van der Waals surface area contributed by atoms with E-state index in [1.54, 1.807) is 30.3 Å². The van der Waals surface area contributed by atoms with E-state index in [0.717, 1.165) is 16.8 Å². The third kappa shape index (κ3) is 7.99. The molecule has 3 aromatic rings. The van der Waals surface area contributed by atoms with E-state index in [2.05, 4.69) is 15.3 Å². The number of oxime groups is 1. The first-order chi connectivity index (χ1) is 15.8. The summed E-state index contributed by atoms with van der Waals surface area (Å²) < 4.78 is 37.5. The van der Waals surface area contributed by atoms with E-state index in [-0.39, 0.29) is 6.42 Å². The number of alkyl halides is 3. The molecule has 0 amide bonds. The maximum absolute atomic E-state index is 12.5. The molecule has 2 N–H and O–H groups in total. The molecule has 0 saturated carbocycles. The third-order valence-corrected chi connectivity index (χ3v) is 4.71. The zero-order valence-corrected chi connectivity index (χ0v) is 17.7. The molecular weight excluding hydrogens is 433 g/mol. The summed E-state index contributed by atoms with van der Waals surface area (Å²) in [5, 5.41) is 15.8. The molecule has 0 aliphatic heterocycles. The van der Waals surface area contributed by atoms with Crippen LogP contribution in [-0.4, -0.2) is 29.6 Å². The van der Waals surface area contributed by atoms with Crippen molar-refractivity contribution in [2.75, 3.05) is 11.9 Å². The average molecular weight is 456 g/mol. The first-order valence-corrected chi connectivity index (χ1v) is 10.3. The number of halogens is 3. The highest BCUT2D eigenvalue weighted by Gasteiger charge is 2.28. The molecule has 0 aromatic heterocycles. The van der Waals surface area contributed by atoms with Gasteiger partial charge in [-0.15, -0.1) is 0 Å². The molecule has 0 spiro atoms. The van der Waals surface area contributed by atoms with Gasteiger partial charge in [-0.1, -0.05) is 65.8 Å². The Bertz CT molecular complexity index is 1080. The van der Waals surface area contributed by atoms with Crippen molar-refractivity contribution in [1.82, 2.24) is 0 Å². The summed E-state index contributed by atoms with van der Waals surface area (Å²) in [4.78, 5) is 15.3. The number of nitrogens with one attached hydrogen (secondary N) is 1. The molecule has 5 nitrogen and oxygen atoms in total. The van der Waals surface area contributed by atoms with Crippen molar-refractivity contribution < 1.29 is 27.9 Å². The first kappa shape index (κ1) is 23.8. The fourth-order valence-corrected chi connectivity index (χ4v) is 3.11. The van der Waals surface area contributed by atoms with Gasteiger partial charge < -0.3 is 15.3 Å². The van der Waals surface area contributed by atoms with Crippen LogP contribution in [-0.2, 0) is 22.6 Å². The minimum Gasteiger partial charge on any atom is -0.481 e. The van der Waals surface area contributed by atoms with Gasteiger partial charge in [0.2, 0.25) is 6.61 Å². The van der Waals surface area contributed by atoms with Gasteiger partial charge in [0.05, 0.1) is 0 Å². The molecule has 0 unspecified atom stereocenters. The second-order valence-electron chi connectivity index (χ2n) is 7.34. The Morgan fingerprint density at radius 3 is 2.27 bits per heavy atom. The molecule has 0 aliphatic carbocycles. The molecule has 0 fully saturated rings. The van der Waals surface area contributed by atoms with Gasteiger partial charge in [0, 0.05) is 29.8 Å². The molecule has 3 aromatic carbocycles. The molecule has 33 heavy (non-hydrogen) atoms. The lowest BCUT2D eigenvalue weighted by molar-refractivity contribution is -0.173. The van der Waals surface area contributed by atoms with Gasteiger partial charge in [-0.3, -0.25) is 4.79 Å². The number of benzene rings is 3. The van der Waals surface area contributed by atoms with Crippen LogP contribution in [0.25, 0.3) is 0 Å². The summed E-state index contributed by atoms with van der Waals surface area (Å²) >= 11 is 0. The van der Waals surface area contributed by atoms with Crippen LogP contribution in [0.2, 0.25) is 0 Å². The number of carboxylic acid groups (broad SMARTS) is 1. The van der Waals surface area contributed by atoms with Gasteiger partial charge in [0.25, 0.3) is 0 Å². The SMILES string of the molecule is O=C(O)CCc1ccc(NCc2cccc(/C(=N\OCC(F)(F)F)c3ccccc3)c2)cc1. The predicted octanol–water partition coefficient (Wildman–Crippen LogP) is 5.65. The molecule has 0 radical (unpaired) electrons. The third-order valence-electron chi connectivity index (χ3n) is 4.71. The van der Waals surface area contributed by atoms with Crippen LogP contribution in [0.1, 0.15) is 28.7 Å². The Labute approximate surface area is 189 Å². The van der Waals surface area contributed by atoms with E-state index in [0.29, 0.717) is 29.8 Å². The molecule has 8 heteroatoms. The quantitative estimate of drug-likeness (QED) is 0.306. The van der Waals surface area contributed by atoms with Crippen LogP contribution in [0.5, 0.6) is 0 Å². The van der Waals surface area contributed by atoms with Gasteiger partial charge in [0.15, 0.2) is 0 Å². The van der Waals surface area contributed by atoms with Crippen molar-refractivity contribution in [1.29, 1.82) is 0 Å². The number of anilines is 1. The molecule has 172 valence electrons. The lowest BCUT2D eigenvalue weighted by Crippen LogP contribution is -2.16. The van der Waals surface area contributed by atoms with Crippen molar-refractivity contribution in [3.8, 4) is 0 Å². The van der Waals surface area contributed by atoms with E-state index < -0.39 is 18.8 Å².